The Labute approximate surface area is 202 Å². The molecule has 3 aromatic carbocycles. The second kappa shape index (κ2) is 9.65. The molecule has 1 amide bonds. The van der Waals surface area contributed by atoms with Crippen molar-refractivity contribution < 1.29 is 9.18 Å². The topological polar surface area (TPSA) is 34.0 Å². The van der Waals surface area contributed by atoms with Crippen molar-refractivity contribution in [1.29, 1.82) is 0 Å². The molecule has 2 aromatic heterocycles. The number of rotatable bonds is 7. The third-order valence-electron chi connectivity index (χ3n) is 6.13. The molecule has 1 atom stereocenters. The van der Waals surface area contributed by atoms with Crippen molar-refractivity contribution in [3.8, 4) is 0 Å². The monoisotopic (exact) mass is 468 g/mol. The van der Waals surface area contributed by atoms with Crippen molar-refractivity contribution in [2.24, 2.45) is 0 Å². The molecule has 0 aliphatic heterocycles. The van der Waals surface area contributed by atoms with Gasteiger partial charge in [0.1, 0.15) is 5.82 Å². The number of nitrogens with zero attached hydrogens (tertiary/aromatic N) is 1. The molecule has 0 radical (unpaired) electrons. The van der Waals surface area contributed by atoms with E-state index in [0.717, 1.165) is 38.8 Å². The zero-order valence-electron chi connectivity index (χ0n) is 18.9. The van der Waals surface area contributed by atoms with Gasteiger partial charge in [-0.1, -0.05) is 48.0 Å². The normalized spacial score (nSPS) is 12.1. The lowest BCUT2D eigenvalue weighted by Gasteiger charge is -2.16. The summed E-state index contributed by atoms with van der Waals surface area (Å²) in [7, 11) is 0. The van der Waals surface area contributed by atoms with E-state index in [1.165, 1.54) is 12.1 Å². The van der Waals surface area contributed by atoms with Gasteiger partial charge in [-0.2, -0.15) is 11.3 Å². The predicted octanol–water partition coefficient (Wildman–Crippen LogP) is 7.36. The van der Waals surface area contributed by atoms with Crippen LogP contribution < -0.4 is 5.32 Å². The van der Waals surface area contributed by atoms with Gasteiger partial charge in [-0.25, -0.2) is 4.39 Å². The van der Waals surface area contributed by atoms with E-state index in [4.69, 9.17) is 0 Å². The largest absolute Gasteiger partial charge is 0.343 e. The molecule has 2 heterocycles. The van der Waals surface area contributed by atoms with Crippen molar-refractivity contribution in [3.05, 3.63) is 124 Å². The number of hydrogen-bond donors (Lipinski definition) is 1. The molecule has 5 aromatic rings. The molecule has 0 aliphatic carbocycles. The quantitative estimate of drug-likeness (QED) is 0.266. The molecule has 1 unspecified atom stereocenters. The standard InChI is InChI=1S/C29H25FN2OS/c1-20-6-12-24(13-7-20)31-29(33)16-26(22-14-15-34-19-22)27-18-32(28-5-3-2-4-25(27)28)17-21-8-10-23(30)11-9-21/h2-15,18-19,26H,16-17H2,1H3,(H,31,33). The van der Waals surface area contributed by atoms with Crippen LogP contribution in [0.3, 0.4) is 0 Å². The summed E-state index contributed by atoms with van der Waals surface area (Å²) in [6.07, 6.45) is 2.49. The third kappa shape index (κ3) is 4.80. The molecule has 5 heteroatoms. The van der Waals surface area contributed by atoms with Crippen LogP contribution >= 0.6 is 11.3 Å². The first-order chi connectivity index (χ1) is 16.6. The summed E-state index contributed by atoms with van der Waals surface area (Å²) in [6.45, 7) is 2.66. The third-order valence-corrected chi connectivity index (χ3v) is 6.83. The van der Waals surface area contributed by atoms with Crippen LogP contribution in [0.5, 0.6) is 0 Å². The molecule has 0 fully saturated rings. The zero-order valence-corrected chi connectivity index (χ0v) is 19.7. The molecule has 0 bridgehead atoms. The number of amides is 1. The molecule has 0 aliphatic rings. The van der Waals surface area contributed by atoms with Gasteiger partial charge in [-0.05, 0) is 70.8 Å². The smallest absolute Gasteiger partial charge is 0.225 e. The first kappa shape index (κ1) is 22.1. The summed E-state index contributed by atoms with van der Waals surface area (Å²) >= 11 is 1.64. The summed E-state index contributed by atoms with van der Waals surface area (Å²) in [5.41, 5.74) is 6.34. The highest BCUT2D eigenvalue weighted by molar-refractivity contribution is 7.08. The highest BCUT2D eigenvalue weighted by atomic mass is 32.1. The lowest BCUT2D eigenvalue weighted by Crippen LogP contribution is -2.16. The Kier molecular flexibility index (Phi) is 6.28. The van der Waals surface area contributed by atoms with Gasteiger partial charge in [0.05, 0.1) is 0 Å². The second-order valence-corrected chi connectivity index (χ2v) is 9.36. The summed E-state index contributed by atoms with van der Waals surface area (Å²) in [4.78, 5) is 13.1. The molecule has 170 valence electrons. The number of nitrogens with one attached hydrogen (secondary N) is 1. The van der Waals surface area contributed by atoms with Crippen LogP contribution in [0.2, 0.25) is 0 Å². The molecule has 0 saturated heterocycles. The Balaban J connectivity index is 1.49. The number of carbonyl (C=O) groups excluding carboxylic acids is 1. The van der Waals surface area contributed by atoms with Crippen LogP contribution in [0, 0.1) is 12.7 Å². The van der Waals surface area contributed by atoms with Crippen LogP contribution in [0.15, 0.2) is 95.8 Å². The van der Waals surface area contributed by atoms with Crippen molar-refractivity contribution in [3.63, 3.8) is 0 Å². The van der Waals surface area contributed by atoms with E-state index in [1.807, 2.05) is 55.5 Å². The van der Waals surface area contributed by atoms with Crippen LogP contribution in [-0.4, -0.2) is 10.5 Å². The lowest BCUT2D eigenvalue weighted by atomic mass is 9.89. The zero-order chi connectivity index (χ0) is 23.5. The molecule has 3 nitrogen and oxygen atoms in total. The molecular formula is C29H25FN2OS. The SMILES string of the molecule is Cc1ccc(NC(=O)CC(c2ccsc2)c2cn(Cc3ccc(F)cc3)c3ccccc23)cc1. The van der Waals surface area contributed by atoms with Crippen LogP contribution in [0.1, 0.15) is 34.6 Å². The molecular weight excluding hydrogens is 443 g/mol. The Morgan fingerprint density at radius 2 is 1.76 bits per heavy atom. The number of carbonyl (C=O) groups is 1. The maximum Gasteiger partial charge on any atom is 0.225 e. The van der Waals surface area contributed by atoms with E-state index in [0.29, 0.717) is 13.0 Å². The van der Waals surface area contributed by atoms with Gasteiger partial charge in [0.2, 0.25) is 5.91 Å². The average Bonchev–Trinajstić information content (AvgIpc) is 3.50. The van der Waals surface area contributed by atoms with Gasteiger partial charge in [0.15, 0.2) is 0 Å². The Morgan fingerprint density at radius 3 is 2.50 bits per heavy atom. The maximum absolute atomic E-state index is 13.4. The first-order valence-electron chi connectivity index (χ1n) is 11.3. The average molecular weight is 469 g/mol. The molecule has 0 spiro atoms. The van der Waals surface area contributed by atoms with Gasteiger partial charge in [-0.15, -0.1) is 0 Å². The Hall–Kier alpha value is -3.70. The number of aromatic nitrogens is 1. The van der Waals surface area contributed by atoms with Crippen LogP contribution in [0.25, 0.3) is 10.9 Å². The number of aryl methyl sites for hydroxylation is 1. The minimum absolute atomic E-state index is 0.0181. The number of anilines is 1. The summed E-state index contributed by atoms with van der Waals surface area (Å²) < 4.78 is 15.6. The number of para-hydroxylation sites is 1. The Morgan fingerprint density at radius 1 is 1.00 bits per heavy atom. The van der Waals surface area contributed by atoms with E-state index >= 15 is 0 Å². The highest BCUT2D eigenvalue weighted by Crippen LogP contribution is 2.36. The molecule has 5 rings (SSSR count). The van der Waals surface area contributed by atoms with Crippen molar-refractivity contribution in [2.75, 3.05) is 5.32 Å². The fraction of sp³-hybridized carbons (Fsp3) is 0.138. The highest BCUT2D eigenvalue weighted by Gasteiger charge is 2.23. The summed E-state index contributed by atoms with van der Waals surface area (Å²) in [5.74, 6) is -0.328. The van der Waals surface area contributed by atoms with E-state index in [2.05, 4.69) is 45.0 Å². The van der Waals surface area contributed by atoms with Gasteiger partial charge in [-0.3, -0.25) is 4.79 Å². The fourth-order valence-corrected chi connectivity index (χ4v) is 5.10. The number of fused-ring (bicyclic) bond motifs is 1. The van der Waals surface area contributed by atoms with Gasteiger partial charge in [0.25, 0.3) is 0 Å². The van der Waals surface area contributed by atoms with Gasteiger partial charge < -0.3 is 9.88 Å². The second-order valence-electron chi connectivity index (χ2n) is 8.58. The number of halogens is 1. The van der Waals surface area contributed by atoms with Crippen molar-refractivity contribution >= 4 is 33.8 Å². The molecule has 34 heavy (non-hydrogen) atoms. The van der Waals surface area contributed by atoms with Gasteiger partial charge in [0, 0.05) is 41.7 Å². The van der Waals surface area contributed by atoms with E-state index in [9.17, 15) is 9.18 Å². The van der Waals surface area contributed by atoms with E-state index in [-0.39, 0.29) is 17.6 Å². The first-order valence-corrected chi connectivity index (χ1v) is 12.2. The van der Waals surface area contributed by atoms with Gasteiger partial charge >= 0.3 is 0 Å². The summed E-state index contributed by atoms with van der Waals surface area (Å²) in [6, 6.07) is 24.8. The summed E-state index contributed by atoms with van der Waals surface area (Å²) in [5, 5.41) is 8.36. The van der Waals surface area contributed by atoms with Crippen molar-refractivity contribution in [1.82, 2.24) is 4.57 Å². The Bertz CT molecular complexity index is 1400. The van der Waals surface area contributed by atoms with E-state index in [1.54, 1.807) is 11.3 Å². The van der Waals surface area contributed by atoms with Crippen LogP contribution in [0.4, 0.5) is 10.1 Å². The minimum atomic E-state index is -0.237. The fourth-order valence-electron chi connectivity index (χ4n) is 4.39. The van der Waals surface area contributed by atoms with Crippen molar-refractivity contribution in [2.45, 2.75) is 25.8 Å². The van der Waals surface area contributed by atoms with Crippen LogP contribution in [-0.2, 0) is 11.3 Å². The minimum Gasteiger partial charge on any atom is -0.343 e. The number of thiophene rings is 1. The van der Waals surface area contributed by atoms with E-state index < -0.39 is 0 Å². The lowest BCUT2D eigenvalue weighted by molar-refractivity contribution is -0.116. The number of benzene rings is 3. The predicted molar refractivity (Wildman–Crippen MR) is 138 cm³/mol. The number of hydrogen-bond acceptors (Lipinski definition) is 2. The molecule has 0 saturated carbocycles. The molecule has 1 N–H and O–H groups in total. The maximum atomic E-state index is 13.4.